The van der Waals surface area contributed by atoms with Crippen molar-refractivity contribution in [3.8, 4) is 0 Å². The Morgan fingerprint density at radius 1 is 1.57 bits per heavy atom. The van der Waals surface area contributed by atoms with Crippen LogP contribution in [0.4, 0.5) is 4.39 Å². The number of halogens is 1. The predicted molar refractivity (Wildman–Crippen MR) is 55.1 cm³/mol. The molecule has 1 aromatic rings. The Labute approximate surface area is 87.5 Å². The second-order valence-electron chi connectivity index (χ2n) is 2.91. The van der Waals surface area contributed by atoms with Crippen molar-refractivity contribution in [2.45, 2.75) is 12.2 Å². The van der Waals surface area contributed by atoms with E-state index >= 15 is 0 Å². The van der Waals surface area contributed by atoms with Gasteiger partial charge in [-0.25, -0.2) is 9.18 Å². The van der Waals surface area contributed by atoms with E-state index in [0.717, 1.165) is 5.56 Å². The number of carbonyl (C=O) groups excluding carboxylic acids is 1. The Balaban J connectivity index is 3.15. The molecule has 1 aromatic carbocycles. The number of hydrogen-bond acceptors (Lipinski definition) is 3. The van der Waals surface area contributed by atoms with Crippen LogP contribution in [0.3, 0.4) is 0 Å². The molecule has 0 spiro atoms. The van der Waals surface area contributed by atoms with Crippen LogP contribution in [-0.4, -0.2) is 13.1 Å². The third-order valence-electron chi connectivity index (χ3n) is 1.88. The average molecular weight is 214 g/mol. The van der Waals surface area contributed by atoms with E-state index < -0.39 is 11.8 Å². The highest BCUT2D eigenvalue weighted by atomic mass is 32.1. The van der Waals surface area contributed by atoms with Crippen molar-refractivity contribution in [1.82, 2.24) is 0 Å². The lowest BCUT2D eigenvalue weighted by atomic mass is 10.1. The van der Waals surface area contributed by atoms with Gasteiger partial charge < -0.3 is 4.74 Å². The molecule has 4 heteroatoms. The third kappa shape index (κ3) is 2.26. The van der Waals surface area contributed by atoms with E-state index in [4.69, 9.17) is 0 Å². The fraction of sp³-hybridized carbons (Fsp3) is 0.300. The first-order valence-corrected chi connectivity index (χ1v) is 4.63. The number of carbonyl (C=O) groups is 1. The van der Waals surface area contributed by atoms with Gasteiger partial charge in [0.2, 0.25) is 0 Å². The first-order valence-electron chi connectivity index (χ1n) is 4.12. The Kier molecular flexibility index (Phi) is 3.52. The number of esters is 1. The summed E-state index contributed by atoms with van der Waals surface area (Å²) in [5.41, 5.74) is 0.737. The zero-order valence-electron chi connectivity index (χ0n) is 7.95. The van der Waals surface area contributed by atoms with E-state index in [0.29, 0.717) is 0 Å². The zero-order chi connectivity index (χ0) is 10.7. The first-order chi connectivity index (χ1) is 6.56. The minimum Gasteiger partial charge on any atom is -0.465 e. The maximum Gasteiger partial charge on any atom is 0.340 e. The van der Waals surface area contributed by atoms with Gasteiger partial charge in [-0.3, -0.25) is 0 Å². The zero-order valence-corrected chi connectivity index (χ0v) is 8.85. The Hall–Kier alpha value is -1.03. The van der Waals surface area contributed by atoms with Gasteiger partial charge in [0.05, 0.1) is 12.7 Å². The average Bonchev–Trinajstić information content (AvgIpc) is 2.17. The summed E-state index contributed by atoms with van der Waals surface area (Å²) in [6, 6.07) is 4.30. The van der Waals surface area contributed by atoms with Gasteiger partial charge in [0.15, 0.2) is 0 Å². The maximum absolute atomic E-state index is 13.1. The van der Waals surface area contributed by atoms with Crippen LogP contribution in [0, 0.1) is 5.82 Å². The molecular weight excluding hydrogens is 203 g/mol. The minimum atomic E-state index is -0.668. The van der Waals surface area contributed by atoms with Gasteiger partial charge in [-0.1, -0.05) is 6.07 Å². The molecule has 14 heavy (non-hydrogen) atoms. The number of benzene rings is 1. The van der Waals surface area contributed by atoms with Crippen molar-refractivity contribution >= 4 is 18.6 Å². The number of methoxy groups -OCH3 is 1. The number of hydrogen-bond donors (Lipinski definition) is 1. The van der Waals surface area contributed by atoms with E-state index in [1.54, 1.807) is 6.07 Å². The van der Waals surface area contributed by atoms with Crippen molar-refractivity contribution in [3.05, 3.63) is 35.1 Å². The number of ether oxygens (including phenoxy) is 1. The van der Waals surface area contributed by atoms with Gasteiger partial charge in [-0.15, -0.1) is 0 Å². The van der Waals surface area contributed by atoms with Crippen LogP contribution in [0.1, 0.15) is 28.1 Å². The summed E-state index contributed by atoms with van der Waals surface area (Å²) in [4.78, 5) is 11.1. The van der Waals surface area contributed by atoms with Crippen LogP contribution in [0.25, 0.3) is 0 Å². The van der Waals surface area contributed by atoms with E-state index in [-0.39, 0.29) is 10.8 Å². The molecule has 2 nitrogen and oxygen atoms in total. The smallest absolute Gasteiger partial charge is 0.340 e. The molecule has 0 radical (unpaired) electrons. The van der Waals surface area contributed by atoms with Gasteiger partial charge in [0, 0.05) is 5.25 Å². The van der Waals surface area contributed by atoms with Crippen LogP contribution >= 0.6 is 12.6 Å². The molecule has 0 aromatic heterocycles. The molecule has 0 N–H and O–H groups in total. The molecule has 1 atom stereocenters. The monoisotopic (exact) mass is 214 g/mol. The minimum absolute atomic E-state index is 0.0426. The Morgan fingerprint density at radius 3 is 2.71 bits per heavy atom. The van der Waals surface area contributed by atoms with Crippen molar-refractivity contribution < 1.29 is 13.9 Å². The van der Waals surface area contributed by atoms with Crippen LogP contribution < -0.4 is 0 Å². The number of rotatable bonds is 2. The quantitative estimate of drug-likeness (QED) is 0.605. The van der Waals surface area contributed by atoms with Crippen LogP contribution in [0.2, 0.25) is 0 Å². The summed E-state index contributed by atoms with van der Waals surface area (Å²) in [6.07, 6.45) is 0. The van der Waals surface area contributed by atoms with E-state index in [2.05, 4.69) is 17.4 Å². The molecule has 1 rings (SSSR count). The SMILES string of the molecule is COC(=O)c1cc(C(C)S)ccc1F. The molecule has 1 unspecified atom stereocenters. The van der Waals surface area contributed by atoms with Crippen molar-refractivity contribution in [3.63, 3.8) is 0 Å². The summed E-state index contributed by atoms with van der Waals surface area (Å²) >= 11 is 4.19. The lowest BCUT2D eigenvalue weighted by Crippen LogP contribution is -2.05. The van der Waals surface area contributed by atoms with Gasteiger partial charge >= 0.3 is 5.97 Å². The summed E-state index contributed by atoms with van der Waals surface area (Å²) in [5, 5.41) is -0.0426. The molecule has 0 aliphatic rings. The van der Waals surface area contributed by atoms with Crippen molar-refractivity contribution in [2.24, 2.45) is 0 Å². The number of thiol groups is 1. The van der Waals surface area contributed by atoms with Crippen LogP contribution in [0.15, 0.2) is 18.2 Å². The lowest BCUT2D eigenvalue weighted by Gasteiger charge is -2.07. The highest BCUT2D eigenvalue weighted by Crippen LogP contribution is 2.21. The topological polar surface area (TPSA) is 26.3 Å². The molecule has 0 amide bonds. The molecule has 0 aliphatic carbocycles. The highest BCUT2D eigenvalue weighted by molar-refractivity contribution is 7.80. The summed E-state index contributed by atoms with van der Waals surface area (Å²) in [5.74, 6) is -1.24. The highest BCUT2D eigenvalue weighted by Gasteiger charge is 2.13. The molecule has 0 saturated carbocycles. The lowest BCUT2D eigenvalue weighted by molar-refractivity contribution is 0.0595. The largest absolute Gasteiger partial charge is 0.465 e. The van der Waals surface area contributed by atoms with Crippen molar-refractivity contribution in [2.75, 3.05) is 7.11 Å². The fourth-order valence-corrected chi connectivity index (χ4v) is 1.23. The molecule has 0 aliphatic heterocycles. The maximum atomic E-state index is 13.1. The van der Waals surface area contributed by atoms with Crippen molar-refractivity contribution in [1.29, 1.82) is 0 Å². The third-order valence-corrected chi connectivity index (χ3v) is 2.18. The Bertz CT molecular complexity index is 350. The fourth-order valence-electron chi connectivity index (χ4n) is 1.07. The van der Waals surface area contributed by atoms with E-state index in [9.17, 15) is 9.18 Å². The normalized spacial score (nSPS) is 12.3. The van der Waals surface area contributed by atoms with Gasteiger partial charge in [-0.2, -0.15) is 12.6 Å². The summed E-state index contributed by atoms with van der Waals surface area (Å²) in [7, 11) is 1.22. The molecular formula is C10H11FO2S. The molecule has 0 bridgehead atoms. The van der Waals surface area contributed by atoms with Crippen LogP contribution in [0.5, 0.6) is 0 Å². The summed E-state index contributed by atoms with van der Waals surface area (Å²) < 4.78 is 17.6. The standard InChI is InChI=1S/C10H11FO2S/c1-6(14)7-3-4-9(11)8(5-7)10(12)13-2/h3-6,14H,1-2H3. The van der Waals surface area contributed by atoms with Gasteiger partial charge in [-0.05, 0) is 24.6 Å². The predicted octanol–water partition coefficient (Wildman–Crippen LogP) is 2.60. The van der Waals surface area contributed by atoms with E-state index in [1.165, 1.54) is 19.2 Å². The van der Waals surface area contributed by atoms with Gasteiger partial charge in [0.1, 0.15) is 5.82 Å². The van der Waals surface area contributed by atoms with Gasteiger partial charge in [0.25, 0.3) is 0 Å². The second-order valence-corrected chi connectivity index (χ2v) is 3.68. The van der Waals surface area contributed by atoms with Crippen LogP contribution in [-0.2, 0) is 4.74 Å². The molecule has 0 fully saturated rings. The first kappa shape index (κ1) is 11.0. The molecule has 76 valence electrons. The second kappa shape index (κ2) is 4.46. The Morgan fingerprint density at radius 2 is 2.21 bits per heavy atom. The van der Waals surface area contributed by atoms with E-state index in [1.807, 2.05) is 6.92 Å². The molecule has 0 heterocycles. The summed E-state index contributed by atoms with van der Waals surface area (Å²) in [6.45, 7) is 1.84. The molecule has 0 saturated heterocycles.